The fraction of sp³-hybridized carbons (Fsp3) is 0.600. The Morgan fingerprint density at radius 1 is 1.23 bits per heavy atom. The number of carbonyl (C=O) groups is 1. The van der Waals surface area contributed by atoms with Crippen molar-refractivity contribution in [3.8, 4) is 0 Å². The highest BCUT2D eigenvalue weighted by molar-refractivity contribution is 5.80. The van der Waals surface area contributed by atoms with Gasteiger partial charge in [-0.1, -0.05) is 12.1 Å². The van der Waals surface area contributed by atoms with Crippen LogP contribution >= 0.6 is 0 Å². The Labute approximate surface area is 158 Å². The number of likely N-dealkylation sites (N-methyl/N-ethyl adjacent to an activating group) is 1. The first kappa shape index (κ1) is 21.8. The molecule has 146 valence electrons. The highest BCUT2D eigenvalue weighted by Crippen LogP contribution is 2.14. The highest BCUT2D eigenvalue weighted by atomic mass is 16.1. The van der Waals surface area contributed by atoms with Crippen LogP contribution < -0.4 is 20.9 Å². The van der Waals surface area contributed by atoms with Crippen LogP contribution in [0, 0.1) is 6.92 Å². The number of carbonyl (C=O) groups excluding carboxylic acids is 1. The van der Waals surface area contributed by atoms with Gasteiger partial charge in [-0.05, 0) is 52.3 Å². The third-order valence-electron chi connectivity index (χ3n) is 3.83. The van der Waals surface area contributed by atoms with Crippen LogP contribution in [0.3, 0.4) is 0 Å². The van der Waals surface area contributed by atoms with E-state index in [1.54, 1.807) is 0 Å². The van der Waals surface area contributed by atoms with Crippen LogP contribution in [0.5, 0.6) is 0 Å². The number of hydrogen-bond acceptors (Lipinski definition) is 3. The minimum absolute atomic E-state index is 0.0382. The molecule has 1 amide bonds. The molecule has 0 saturated heterocycles. The van der Waals surface area contributed by atoms with Crippen LogP contribution in [-0.4, -0.2) is 50.6 Å². The van der Waals surface area contributed by atoms with Gasteiger partial charge >= 0.3 is 0 Å². The standard InChI is InChI=1S/C20H35N5O/c1-6-21-20(22-12-11-19(26)24-16(3)4)23-13-14-25(7-2)18-10-8-9-17(5)15-18/h8-10,15-16H,6-7,11-14H2,1-5H3,(H,24,26)(H2,21,22,23). The number of nitrogens with one attached hydrogen (secondary N) is 3. The first-order chi connectivity index (χ1) is 12.5. The van der Waals surface area contributed by atoms with Gasteiger partial charge in [0.15, 0.2) is 5.96 Å². The average Bonchev–Trinajstić information content (AvgIpc) is 2.58. The van der Waals surface area contributed by atoms with Crippen LogP contribution in [0.15, 0.2) is 29.3 Å². The molecule has 0 aromatic heterocycles. The van der Waals surface area contributed by atoms with Crippen LogP contribution in [0.25, 0.3) is 0 Å². The Morgan fingerprint density at radius 3 is 2.62 bits per heavy atom. The number of hydrogen-bond donors (Lipinski definition) is 3. The summed E-state index contributed by atoms with van der Waals surface area (Å²) in [5.74, 6) is 0.793. The molecule has 1 aromatic rings. The van der Waals surface area contributed by atoms with Crippen LogP contribution in [0.1, 0.15) is 39.7 Å². The summed E-state index contributed by atoms with van der Waals surface area (Å²) >= 11 is 0. The molecule has 0 aliphatic carbocycles. The van der Waals surface area contributed by atoms with Crippen LogP contribution in [0.2, 0.25) is 0 Å². The van der Waals surface area contributed by atoms with Gasteiger partial charge in [0.05, 0.1) is 6.54 Å². The number of benzene rings is 1. The minimum Gasteiger partial charge on any atom is -0.370 e. The molecule has 0 atom stereocenters. The fourth-order valence-corrected chi connectivity index (χ4v) is 2.61. The summed E-state index contributed by atoms with van der Waals surface area (Å²) in [6, 6.07) is 8.72. The minimum atomic E-state index is 0.0382. The molecule has 0 fully saturated rings. The number of nitrogens with zero attached hydrogens (tertiary/aromatic N) is 2. The summed E-state index contributed by atoms with van der Waals surface area (Å²) in [6.45, 7) is 14.1. The molecule has 0 bridgehead atoms. The zero-order chi connectivity index (χ0) is 19.4. The van der Waals surface area contributed by atoms with Crippen molar-refractivity contribution in [3.05, 3.63) is 29.8 Å². The summed E-state index contributed by atoms with van der Waals surface area (Å²) in [5, 5.41) is 9.46. The monoisotopic (exact) mass is 361 g/mol. The van der Waals surface area contributed by atoms with Gasteiger partial charge < -0.3 is 20.9 Å². The number of amides is 1. The fourth-order valence-electron chi connectivity index (χ4n) is 2.61. The molecule has 6 heteroatoms. The van der Waals surface area contributed by atoms with Crippen molar-refractivity contribution >= 4 is 17.6 Å². The van der Waals surface area contributed by atoms with E-state index in [0.29, 0.717) is 13.0 Å². The molecule has 0 aliphatic heterocycles. The van der Waals surface area contributed by atoms with E-state index in [0.717, 1.165) is 32.1 Å². The van der Waals surface area contributed by atoms with Gasteiger partial charge in [0.25, 0.3) is 0 Å². The van der Waals surface area contributed by atoms with E-state index in [4.69, 9.17) is 0 Å². The molecule has 0 unspecified atom stereocenters. The van der Waals surface area contributed by atoms with E-state index < -0.39 is 0 Å². The average molecular weight is 362 g/mol. The molecular formula is C20H35N5O. The lowest BCUT2D eigenvalue weighted by atomic mass is 10.2. The van der Waals surface area contributed by atoms with Gasteiger partial charge in [0.2, 0.25) is 5.91 Å². The smallest absolute Gasteiger partial charge is 0.222 e. The number of anilines is 1. The predicted octanol–water partition coefficient (Wildman–Crippen LogP) is 2.29. The third kappa shape index (κ3) is 8.74. The van der Waals surface area contributed by atoms with Crippen molar-refractivity contribution in [1.29, 1.82) is 0 Å². The van der Waals surface area contributed by atoms with Crippen LogP contribution in [0.4, 0.5) is 5.69 Å². The van der Waals surface area contributed by atoms with Crippen molar-refractivity contribution in [1.82, 2.24) is 16.0 Å². The zero-order valence-corrected chi connectivity index (χ0v) is 16.9. The number of aliphatic imine (C=N–C) groups is 1. The highest BCUT2D eigenvalue weighted by Gasteiger charge is 2.06. The summed E-state index contributed by atoms with van der Waals surface area (Å²) in [6.07, 6.45) is 0.402. The number of guanidine groups is 1. The van der Waals surface area contributed by atoms with E-state index in [1.165, 1.54) is 11.3 Å². The zero-order valence-electron chi connectivity index (χ0n) is 16.9. The molecule has 0 spiro atoms. The third-order valence-corrected chi connectivity index (χ3v) is 3.83. The Morgan fingerprint density at radius 2 is 2.00 bits per heavy atom. The molecule has 0 heterocycles. The van der Waals surface area contributed by atoms with E-state index in [-0.39, 0.29) is 11.9 Å². The lowest BCUT2D eigenvalue weighted by Crippen LogP contribution is -2.42. The molecule has 1 aromatic carbocycles. The summed E-state index contributed by atoms with van der Waals surface area (Å²) in [4.78, 5) is 18.5. The van der Waals surface area contributed by atoms with E-state index in [9.17, 15) is 4.79 Å². The molecule has 6 nitrogen and oxygen atoms in total. The first-order valence-corrected chi connectivity index (χ1v) is 9.59. The van der Waals surface area contributed by atoms with Crippen molar-refractivity contribution in [3.63, 3.8) is 0 Å². The largest absolute Gasteiger partial charge is 0.370 e. The van der Waals surface area contributed by atoms with Gasteiger partial charge in [-0.3, -0.25) is 9.79 Å². The van der Waals surface area contributed by atoms with E-state index in [1.807, 2.05) is 20.8 Å². The quantitative estimate of drug-likeness (QED) is 0.442. The van der Waals surface area contributed by atoms with Crippen molar-refractivity contribution in [2.24, 2.45) is 4.99 Å². The first-order valence-electron chi connectivity index (χ1n) is 9.59. The van der Waals surface area contributed by atoms with Crippen molar-refractivity contribution in [2.45, 2.75) is 47.1 Å². The maximum absolute atomic E-state index is 11.7. The lowest BCUT2D eigenvalue weighted by molar-refractivity contribution is -0.121. The molecule has 1 rings (SSSR count). The van der Waals surface area contributed by atoms with E-state index >= 15 is 0 Å². The molecule has 0 radical (unpaired) electrons. The second-order valence-electron chi connectivity index (χ2n) is 6.58. The molecule has 26 heavy (non-hydrogen) atoms. The topological polar surface area (TPSA) is 68.8 Å². The maximum Gasteiger partial charge on any atom is 0.222 e. The second kappa shape index (κ2) is 12.2. The number of aryl methyl sites for hydroxylation is 1. The maximum atomic E-state index is 11.7. The number of rotatable bonds is 10. The molecule has 0 saturated carbocycles. The lowest BCUT2D eigenvalue weighted by Gasteiger charge is -2.24. The Kier molecular flexibility index (Phi) is 10.2. The van der Waals surface area contributed by atoms with E-state index in [2.05, 4.69) is 64.0 Å². The van der Waals surface area contributed by atoms with Crippen LogP contribution in [-0.2, 0) is 4.79 Å². The van der Waals surface area contributed by atoms with Crippen molar-refractivity contribution < 1.29 is 4.79 Å². The van der Waals surface area contributed by atoms with Gasteiger partial charge in [-0.25, -0.2) is 0 Å². The molecule has 0 aliphatic rings. The predicted molar refractivity (Wildman–Crippen MR) is 111 cm³/mol. The van der Waals surface area contributed by atoms with Crippen molar-refractivity contribution in [2.75, 3.05) is 37.6 Å². The Hall–Kier alpha value is -2.24. The van der Waals surface area contributed by atoms with Gasteiger partial charge in [0, 0.05) is 44.3 Å². The van der Waals surface area contributed by atoms with Gasteiger partial charge in [-0.2, -0.15) is 0 Å². The van der Waals surface area contributed by atoms with Gasteiger partial charge in [0.1, 0.15) is 0 Å². The SMILES string of the molecule is CCNC(=NCCC(=O)NC(C)C)NCCN(CC)c1cccc(C)c1. The Bertz CT molecular complexity index is 571. The molecule has 3 N–H and O–H groups in total. The second-order valence-corrected chi connectivity index (χ2v) is 6.58. The summed E-state index contributed by atoms with van der Waals surface area (Å²) in [7, 11) is 0. The summed E-state index contributed by atoms with van der Waals surface area (Å²) < 4.78 is 0. The summed E-state index contributed by atoms with van der Waals surface area (Å²) in [5.41, 5.74) is 2.50. The normalized spacial score (nSPS) is 11.4. The molecular weight excluding hydrogens is 326 g/mol. The Balaban J connectivity index is 2.48. The van der Waals surface area contributed by atoms with Gasteiger partial charge in [-0.15, -0.1) is 0 Å².